The predicted molar refractivity (Wildman–Crippen MR) is 84.8 cm³/mol. The standard InChI is InChI=1S/C17H29NO4/c1-14(2)18-12-17(13-18)22-9-8-20-6-4-5-7-21-16-10-15(11-16)19-3/h14-17H,6-13H2,1-3H3. The summed E-state index contributed by atoms with van der Waals surface area (Å²) in [6, 6.07) is 0.619. The molecule has 126 valence electrons. The molecular formula is C17H29NO4. The van der Waals surface area contributed by atoms with Gasteiger partial charge in [-0.3, -0.25) is 4.90 Å². The Morgan fingerprint density at radius 3 is 2.36 bits per heavy atom. The van der Waals surface area contributed by atoms with E-state index in [0.717, 1.165) is 25.9 Å². The molecule has 0 aromatic carbocycles. The smallest absolute Gasteiger partial charge is 0.108 e. The number of rotatable bonds is 9. The van der Waals surface area contributed by atoms with Gasteiger partial charge in [0.15, 0.2) is 0 Å². The van der Waals surface area contributed by atoms with E-state index in [2.05, 4.69) is 30.6 Å². The number of likely N-dealkylation sites (tertiary alicyclic amines) is 1. The molecule has 1 aliphatic heterocycles. The highest BCUT2D eigenvalue weighted by Gasteiger charge is 2.29. The van der Waals surface area contributed by atoms with E-state index in [1.165, 1.54) is 0 Å². The van der Waals surface area contributed by atoms with Crippen LogP contribution in [0.5, 0.6) is 0 Å². The average Bonchev–Trinajstić information content (AvgIpc) is 2.40. The van der Waals surface area contributed by atoms with E-state index < -0.39 is 0 Å². The van der Waals surface area contributed by atoms with Gasteiger partial charge in [0, 0.05) is 26.2 Å². The minimum atomic E-state index is 0.321. The first-order valence-electron chi connectivity index (χ1n) is 8.22. The van der Waals surface area contributed by atoms with Gasteiger partial charge in [-0.05, 0) is 26.7 Å². The van der Waals surface area contributed by atoms with Gasteiger partial charge in [0.25, 0.3) is 0 Å². The summed E-state index contributed by atoms with van der Waals surface area (Å²) in [4.78, 5) is 2.40. The minimum Gasteiger partial charge on any atom is -0.381 e. The third kappa shape index (κ3) is 5.86. The lowest BCUT2D eigenvalue weighted by atomic mass is 9.92. The van der Waals surface area contributed by atoms with Crippen LogP contribution in [-0.4, -0.2) is 75.9 Å². The summed E-state index contributed by atoms with van der Waals surface area (Å²) in [6.07, 6.45) is 3.05. The second kappa shape index (κ2) is 9.49. The number of nitrogens with zero attached hydrogens (tertiary/aromatic N) is 1. The maximum absolute atomic E-state index is 5.71. The van der Waals surface area contributed by atoms with Crippen molar-refractivity contribution in [1.29, 1.82) is 0 Å². The summed E-state index contributed by atoms with van der Waals surface area (Å²) in [7, 11) is 1.74. The summed E-state index contributed by atoms with van der Waals surface area (Å²) in [5.74, 6) is 5.93. The molecule has 0 amide bonds. The summed E-state index contributed by atoms with van der Waals surface area (Å²) >= 11 is 0. The molecule has 2 rings (SSSR count). The molecule has 0 aromatic heterocycles. The van der Waals surface area contributed by atoms with Gasteiger partial charge >= 0.3 is 0 Å². The largest absolute Gasteiger partial charge is 0.381 e. The Morgan fingerprint density at radius 1 is 0.955 bits per heavy atom. The van der Waals surface area contributed by atoms with E-state index >= 15 is 0 Å². The number of ether oxygens (including phenoxy) is 4. The molecule has 0 aromatic rings. The van der Waals surface area contributed by atoms with Crippen LogP contribution >= 0.6 is 0 Å². The highest BCUT2D eigenvalue weighted by molar-refractivity contribution is 4.99. The second-order valence-electron chi connectivity index (χ2n) is 6.21. The molecule has 2 aliphatic rings. The highest BCUT2D eigenvalue weighted by atomic mass is 16.5. The Hall–Kier alpha value is -0.640. The maximum Gasteiger partial charge on any atom is 0.108 e. The first-order valence-corrected chi connectivity index (χ1v) is 8.22. The number of hydrogen-bond donors (Lipinski definition) is 0. The van der Waals surface area contributed by atoms with Crippen LogP contribution in [0.15, 0.2) is 0 Å². The predicted octanol–water partition coefficient (Wildman–Crippen LogP) is 1.31. The summed E-state index contributed by atoms with van der Waals surface area (Å²) in [5.41, 5.74) is 0. The van der Waals surface area contributed by atoms with Gasteiger partial charge in [0.1, 0.15) is 13.2 Å². The van der Waals surface area contributed by atoms with Crippen molar-refractivity contribution in [3.8, 4) is 11.8 Å². The van der Waals surface area contributed by atoms with Crippen molar-refractivity contribution in [3.05, 3.63) is 0 Å². The van der Waals surface area contributed by atoms with Crippen molar-refractivity contribution in [2.24, 2.45) is 0 Å². The zero-order chi connectivity index (χ0) is 15.8. The SMILES string of the molecule is COC1CC(OCC#CCOCCOC2CN(C(C)C)C2)C1. The number of methoxy groups -OCH3 is 1. The first-order chi connectivity index (χ1) is 10.7. The lowest BCUT2D eigenvalue weighted by molar-refractivity contribution is -0.0790. The summed E-state index contributed by atoms with van der Waals surface area (Å²) in [5, 5.41) is 0. The first kappa shape index (κ1) is 17.7. The van der Waals surface area contributed by atoms with Crippen LogP contribution in [-0.2, 0) is 18.9 Å². The van der Waals surface area contributed by atoms with Crippen LogP contribution in [0.2, 0.25) is 0 Å². The molecule has 1 aliphatic carbocycles. The topological polar surface area (TPSA) is 40.2 Å². The lowest BCUT2D eigenvalue weighted by Gasteiger charge is -2.41. The molecule has 0 atom stereocenters. The molecule has 0 radical (unpaired) electrons. The van der Waals surface area contributed by atoms with Crippen molar-refractivity contribution in [1.82, 2.24) is 4.90 Å². The quantitative estimate of drug-likeness (QED) is 0.474. The lowest BCUT2D eigenvalue weighted by Crippen LogP contribution is -2.55. The van der Waals surface area contributed by atoms with Crippen molar-refractivity contribution in [2.45, 2.75) is 51.0 Å². The zero-order valence-corrected chi connectivity index (χ0v) is 14.0. The fourth-order valence-electron chi connectivity index (χ4n) is 2.50. The molecule has 5 heteroatoms. The van der Waals surface area contributed by atoms with Crippen LogP contribution in [0.4, 0.5) is 0 Å². The Bertz CT molecular complexity index is 365. The van der Waals surface area contributed by atoms with Gasteiger partial charge in [-0.15, -0.1) is 0 Å². The van der Waals surface area contributed by atoms with Gasteiger partial charge in [0.05, 0.1) is 31.5 Å². The Kier molecular flexibility index (Phi) is 7.64. The third-order valence-electron chi connectivity index (χ3n) is 4.26. The molecule has 1 heterocycles. The molecular weight excluding hydrogens is 282 g/mol. The normalized spacial score (nSPS) is 25.5. The maximum atomic E-state index is 5.71. The van der Waals surface area contributed by atoms with Crippen molar-refractivity contribution in [3.63, 3.8) is 0 Å². The molecule has 0 N–H and O–H groups in total. The zero-order valence-electron chi connectivity index (χ0n) is 14.0. The Labute approximate surface area is 134 Å². The van der Waals surface area contributed by atoms with Gasteiger partial charge in [-0.2, -0.15) is 0 Å². The molecule has 0 unspecified atom stereocenters. The van der Waals surface area contributed by atoms with Crippen LogP contribution in [0.25, 0.3) is 0 Å². The van der Waals surface area contributed by atoms with Crippen molar-refractivity contribution < 1.29 is 18.9 Å². The minimum absolute atomic E-state index is 0.321. The molecule has 22 heavy (non-hydrogen) atoms. The fraction of sp³-hybridized carbons (Fsp3) is 0.882. The van der Waals surface area contributed by atoms with Crippen LogP contribution in [0.1, 0.15) is 26.7 Å². The van der Waals surface area contributed by atoms with E-state index in [0.29, 0.717) is 50.8 Å². The van der Waals surface area contributed by atoms with Crippen molar-refractivity contribution in [2.75, 3.05) is 46.6 Å². The van der Waals surface area contributed by atoms with E-state index in [4.69, 9.17) is 18.9 Å². The van der Waals surface area contributed by atoms with Gasteiger partial charge in [0.2, 0.25) is 0 Å². The monoisotopic (exact) mass is 311 g/mol. The van der Waals surface area contributed by atoms with Crippen LogP contribution in [0, 0.1) is 11.8 Å². The Balaban J connectivity index is 1.34. The van der Waals surface area contributed by atoms with E-state index in [-0.39, 0.29) is 0 Å². The summed E-state index contributed by atoms with van der Waals surface area (Å²) in [6.45, 7) is 8.68. The van der Waals surface area contributed by atoms with Gasteiger partial charge < -0.3 is 18.9 Å². The summed E-state index contributed by atoms with van der Waals surface area (Å²) < 4.78 is 21.9. The van der Waals surface area contributed by atoms with Gasteiger partial charge in [-0.1, -0.05) is 11.8 Å². The molecule has 1 saturated carbocycles. The molecule has 0 bridgehead atoms. The van der Waals surface area contributed by atoms with E-state index in [1.54, 1.807) is 7.11 Å². The Morgan fingerprint density at radius 2 is 1.68 bits per heavy atom. The fourth-order valence-corrected chi connectivity index (χ4v) is 2.50. The molecule has 1 saturated heterocycles. The van der Waals surface area contributed by atoms with Crippen LogP contribution < -0.4 is 0 Å². The second-order valence-corrected chi connectivity index (χ2v) is 6.21. The highest BCUT2D eigenvalue weighted by Crippen LogP contribution is 2.25. The van der Waals surface area contributed by atoms with Crippen molar-refractivity contribution >= 4 is 0 Å². The average molecular weight is 311 g/mol. The van der Waals surface area contributed by atoms with Crippen LogP contribution in [0.3, 0.4) is 0 Å². The van der Waals surface area contributed by atoms with E-state index in [9.17, 15) is 0 Å². The molecule has 5 nitrogen and oxygen atoms in total. The number of hydrogen-bond acceptors (Lipinski definition) is 5. The third-order valence-corrected chi connectivity index (χ3v) is 4.26. The van der Waals surface area contributed by atoms with E-state index in [1.807, 2.05) is 0 Å². The molecule has 2 fully saturated rings. The molecule has 0 spiro atoms. The van der Waals surface area contributed by atoms with Gasteiger partial charge in [-0.25, -0.2) is 0 Å².